The fourth-order valence-electron chi connectivity index (χ4n) is 8.95. The predicted octanol–water partition coefficient (Wildman–Crippen LogP) is 7.99. The summed E-state index contributed by atoms with van der Waals surface area (Å²) in [6.07, 6.45) is 0.164. The first-order chi connectivity index (χ1) is 32.2. The van der Waals surface area contributed by atoms with Gasteiger partial charge in [0.25, 0.3) is 11.8 Å². The Balaban J connectivity index is 0.990. The van der Waals surface area contributed by atoms with Crippen molar-refractivity contribution in [3.05, 3.63) is 197 Å². The Morgan fingerprint density at radius 2 is 1.17 bits per heavy atom. The van der Waals surface area contributed by atoms with Crippen molar-refractivity contribution < 1.29 is 38.3 Å². The van der Waals surface area contributed by atoms with E-state index in [4.69, 9.17) is 14.3 Å². The summed E-state index contributed by atoms with van der Waals surface area (Å²) >= 11 is 0. The van der Waals surface area contributed by atoms with Crippen LogP contribution in [0.5, 0.6) is 5.75 Å². The minimum Gasteiger partial charge on any atom is -0.497 e. The molecule has 2 atom stereocenters. The van der Waals surface area contributed by atoms with Gasteiger partial charge in [-0.15, -0.1) is 5.06 Å². The number of fused-ring (bicyclic) bond motifs is 3. The van der Waals surface area contributed by atoms with Crippen LogP contribution in [0.3, 0.4) is 0 Å². The summed E-state index contributed by atoms with van der Waals surface area (Å²) in [5.41, 5.74) is 7.26. The van der Waals surface area contributed by atoms with Crippen molar-refractivity contribution in [3.63, 3.8) is 0 Å². The predicted molar refractivity (Wildman–Crippen MR) is 249 cm³/mol. The first-order valence-electron chi connectivity index (χ1n) is 22.3. The second-order valence-corrected chi connectivity index (χ2v) is 16.4. The molecule has 66 heavy (non-hydrogen) atoms. The molecule has 0 saturated carbocycles. The summed E-state index contributed by atoms with van der Waals surface area (Å²) in [4.78, 5) is 72.3. The summed E-state index contributed by atoms with van der Waals surface area (Å²) in [7, 11) is 1.63. The van der Waals surface area contributed by atoms with E-state index in [1.54, 1.807) is 7.11 Å². The van der Waals surface area contributed by atoms with Crippen LogP contribution in [0.25, 0.3) is 11.1 Å². The van der Waals surface area contributed by atoms with Crippen molar-refractivity contribution in [1.29, 1.82) is 0 Å². The number of unbranched alkanes of at least 4 members (excludes halogenated alkanes) is 1. The summed E-state index contributed by atoms with van der Waals surface area (Å²) in [5, 5.41) is 9.87. The van der Waals surface area contributed by atoms with Crippen LogP contribution < -0.4 is 20.7 Å². The van der Waals surface area contributed by atoms with Gasteiger partial charge in [0.1, 0.15) is 24.4 Å². The third kappa shape index (κ3) is 10.0. The van der Waals surface area contributed by atoms with Gasteiger partial charge in [0.15, 0.2) is 0 Å². The zero-order valence-corrected chi connectivity index (χ0v) is 36.7. The number of carbonyl (C=O) groups excluding carboxylic acids is 5. The molecule has 0 aromatic heterocycles. The normalized spacial score (nSPS) is 14.2. The standard InChI is InChI=1S/C54H52N4O8/c1-64-41-30-28-40(29-31-41)54(38-19-7-3-8-20-38,39-21-9-4-10-22-39)55-34-16-15-27-47(52(62)66-58-49(59)32-33-50(58)60)56-51(61)48(35-37-17-5-2-6-18-37)57-53(63)65-36-46-44-25-13-11-23-42(44)43-24-12-14-26-45(43)46/h2-14,17-26,28-31,46-48,55H,15-16,27,32-36H2,1H3,(H,56,61)(H,57,63). The number of alkyl carbamates (subject to hydrolysis) is 1. The number of hydrogen-bond acceptors (Lipinski definition) is 9. The van der Waals surface area contributed by atoms with E-state index in [1.165, 1.54) is 0 Å². The molecule has 2 aliphatic rings. The minimum atomic E-state index is -1.28. The van der Waals surface area contributed by atoms with Gasteiger partial charge >= 0.3 is 12.1 Å². The average molecular weight is 885 g/mol. The Labute approximate surface area is 384 Å². The molecule has 6 aromatic carbocycles. The highest BCUT2D eigenvalue weighted by molar-refractivity contribution is 6.02. The number of rotatable bonds is 19. The first kappa shape index (κ1) is 45.0. The molecule has 1 heterocycles. The smallest absolute Gasteiger partial charge is 0.407 e. The molecule has 0 bridgehead atoms. The van der Waals surface area contributed by atoms with Crippen LogP contribution in [-0.4, -0.2) is 67.2 Å². The number of carbonyl (C=O) groups is 5. The molecule has 1 fully saturated rings. The number of nitrogens with one attached hydrogen (secondary N) is 3. The highest BCUT2D eigenvalue weighted by Crippen LogP contribution is 2.44. The third-order valence-electron chi connectivity index (χ3n) is 12.3. The van der Waals surface area contributed by atoms with Crippen LogP contribution in [0.15, 0.2) is 164 Å². The van der Waals surface area contributed by atoms with Gasteiger partial charge in [-0.25, -0.2) is 9.59 Å². The maximum Gasteiger partial charge on any atom is 0.407 e. The fraction of sp³-hybridized carbons (Fsp3) is 0.241. The van der Waals surface area contributed by atoms with Gasteiger partial charge in [0.05, 0.1) is 12.6 Å². The molecule has 1 aliphatic heterocycles. The zero-order valence-electron chi connectivity index (χ0n) is 36.7. The van der Waals surface area contributed by atoms with Crippen molar-refractivity contribution in [2.75, 3.05) is 20.3 Å². The Kier molecular flexibility index (Phi) is 14.3. The summed E-state index contributed by atoms with van der Waals surface area (Å²) in [6, 6.07) is 50.9. The number of ether oxygens (including phenoxy) is 2. The molecule has 6 aromatic rings. The SMILES string of the molecule is COc1ccc(C(NCCCCC(NC(=O)C(Cc2ccccc2)NC(=O)OCC2c3ccccc3-c3ccccc32)C(=O)ON2C(=O)CCC2=O)(c2ccccc2)c2ccccc2)cc1. The van der Waals surface area contributed by atoms with Gasteiger partial charge in [-0.1, -0.05) is 152 Å². The molecule has 3 N–H and O–H groups in total. The number of hydroxylamine groups is 2. The number of methoxy groups -OCH3 is 1. The van der Waals surface area contributed by atoms with Crippen LogP contribution in [0.1, 0.15) is 71.4 Å². The van der Waals surface area contributed by atoms with Crippen LogP contribution in [0, 0.1) is 0 Å². The van der Waals surface area contributed by atoms with E-state index in [0.29, 0.717) is 24.4 Å². The van der Waals surface area contributed by atoms with Crippen LogP contribution in [0.2, 0.25) is 0 Å². The van der Waals surface area contributed by atoms with Crippen molar-refractivity contribution >= 4 is 29.8 Å². The Morgan fingerprint density at radius 1 is 0.636 bits per heavy atom. The fourth-order valence-corrected chi connectivity index (χ4v) is 8.95. The lowest BCUT2D eigenvalue weighted by Gasteiger charge is -2.37. The number of imide groups is 1. The molecule has 12 heteroatoms. The highest BCUT2D eigenvalue weighted by Gasteiger charge is 2.38. The average Bonchev–Trinajstić information content (AvgIpc) is 3.86. The van der Waals surface area contributed by atoms with Crippen LogP contribution in [-0.2, 0) is 40.7 Å². The number of nitrogens with zero attached hydrogens (tertiary/aromatic N) is 1. The number of benzene rings is 6. The molecule has 0 spiro atoms. The van der Waals surface area contributed by atoms with Crippen molar-refractivity contribution in [3.8, 4) is 16.9 Å². The Bertz CT molecular complexity index is 2540. The molecule has 1 aliphatic carbocycles. The maximum absolute atomic E-state index is 14.3. The van der Waals surface area contributed by atoms with Crippen molar-refractivity contribution in [1.82, 2.24) is 21.0 Å². The summed E-state index contributed by atoms with van der Waals surface area (Å²) in [6.45, 7) is 0.517. The van der Waals surface area contributed by atoms with Gasteiger partial charge in [0, 0.05) is 25.2 Å². The summed E-state index contributed by atoms with van der Waals surface area (Å²) in [5.74, 6) is -2.39. The lowest BCUT2D eigenvalue weighted by molar-refractivity contribution is -0.199. The van der Waals surface area contributed by atoms with Crippen LogP contribution >= 0.6 is 0 Å². The minimum absolute atomic E-state index is 0.0364. The Hall–Kier alpha value is -7.57. The molecule has 1 saturated heterocycles. The van der Waals surface area contributed by atoms with E-state index in [-0.39, 0.29) is 38.2 Å². The Morgan fingerprint density at radius 3 is 1.74 bits per heavy atom. The number of amides is 4. The molecule has 2 unspecified atom stereocenters. The molecular formula is C54H52N4O8. The number of hydrogen-bond donors (Lipinski definition) is 3. The van der Waals surface area contributed by atoms with E-state index in [9.17, 15) is 24.0 Å². The molecule has 12 nitrogen and oxygen atoms in total. The van der Waals surface area contributed by atoms with Crippen LogP contribution in [0.4, 0.5) is 4.79 Å². The van der Waals surface area contributed by atoms with Gasteiger partial charge < -0.3 is 24.9 Å². The van der Waals surface area contributed by atoms with E-state index in [2.05, 4.69) is 40.2 Å². The molecular weight excluding hydrogens is 833 g/mol. The van der Waals surface area contributed by atoms with Gasteiger partial charge in [-0.3, -0.25) is 19.7 Å². The van der Waals surface area contributed by atoms with Gasteiger partial charge in [0.2, 0.25) is 5.91 Å². The second-order valence-electron chi connectivity index (χ2n) is 16.4. The lowest BCUT2D eigenvalue weighted by Crippen LogP contribution is -2.53. The van der Waals surface area contributed by atoms with E-state index in [1.807, 2.05) is 140 Å². The van der Waals surface area contributed by atoms with Crippen molar-refractivity contribution in [2.24, 2.45) is 0 Å². The lowest BCUT2D eigenvalue weighted by atomic mass is 9.77. The van der Waals surface area contributed by atoms with E-state index < -0.39 is 47.4 Å². The topological polar surface area (TPSA) is 152 Å². The molecule has 336 valence electrons. The van der Waals surface area contributed by atoms with Crippen molar-refractivity contribution in [2.45, 2.75) is 62.1 Å². The zero-order chi connectivity index (χ0) is 45.9. The third-order valence-corrected chi connectivity index (χ3v) is 12.3. The molecule has 0 radical (unpaired) electrons. The largest absolute Gasteiger partial charge is 0.497 e. The second kappa shape index (κ2) is 21.0. The van der Waals surface area contributed by atoms with Gasteiger partial charge in [-0.2, -0.15) is 0 Å². The molecule has 4 amide bonds. The summed E-state index contributed by atoms with van der Waals surface area (Å²) < 4.78 is 11.3. The van der Waals surface area contributed by atoms with Gasteiger partial charge in [-0.05, 0) is 82.4 Å². The van der Waals surface area contributed by atoms with E-state index in [0.717, 1.165) is 50.3 Å². The highest BCUT2D eigenvalue weighted by atomic mass is 16.7. The maximum atomic E-state index is 14.3. The monoisotopic (exact) mass is 884 g/mol. The quantitative estimate of drug-likeness (QED) is 0.0418. The first-order valence-corrected chi connectivity index (χ1v) is 22.3. The molecule has 8 rings (SSSR count). The van der Waals surface area contributed by atoms with E-state index >= 15 is 0 Å².